The Balaban J connectivity index is 2.15. The first-order chi connectivity index (χ1) is 7.70. The normalized spacial score (nSPS) is 17.8. The zero-order valence-electron chi connectivity index (χ0n) is 9.35. The summed E-state index contributed by atoms with van der Waals surface area (Å²) in [6.07, 6.45) is 0. The van der Waals surface area contributed by atoms with Crippen LogP contribution in [-0.2, 0) is 17.4 Å². The van der Waals surface area contributed by atoms with Gasteiger partial charge in [0.1, 0.15) is 5.82 Å². The molecular formula is C11H16N2O2S. The summed E-state index contributed by atoms with van der Waals surface area (Å²) in [5.74, 6) is 2.37. The third-order valence-electron chi connectivity index (χ3n) is 2.85. The average Bonchev–Trinajstić information content (AvgIpc) is 2.30. The van der Waals surface area contributed by atoms with Crippen LogP contribution in [0.3, 0.4) is 0 Å². The predicted octanol–water partition coefficient (Wildman–Crippen LogP) is 0.451. The lowest BCUT2D eigenvalue weighted by Gasteiger charge is -2.27. The van der Waals surface area contributed by atoms with Gasteiger partial charge in [-0.25, -0.2) is 4.98 Å². The van der Waals surface area contributed by atoms with Gasteiger partial charge in [0.15, 0.2) is 0 Å². The number of aryl methyl sites for hydroxylation is 1. The molecule has 1 aliphatic rings. The number of aliphatic hydroxyl groups excluding tert-OH is 1. The van der Waals surface area contributed by atoms with E-state index in [1.165, 1.54) is 0 Å². The molecule has 0 bridgehead atoms. The number of nitrogens with zero attached hydrogens (tertiary/aromatic N) is 2. The van der Waals surface area contributed by atoms with Crippen LogP contribution >= 0.6 is 0 Å². The third kappa shape index (κ3) is 2.41. The molecule has 88 valence electrons. The van der Waals surface area contributed by atoms with Crippen LogP contribution in [0.25, 0.3) is 0 Å². The Morgan fingerprint density at radius 1 is 1.44 bits per heavy atom. The van der Waals surface area contributed by atoms with E-state index in [1.54, 1.807) is 0 Å². The molecule has 1 aliphatic heterocycles. The predicted molar refractivity (Wildman–Crippen MR) is 65.0 cm³/mol. The first-order valence-corrected chi connectivity index (χ1v) is 6.87. The number of rotatable bonds is 2. The Bertz CT molecular complexity index is 399. The Hall–Kier alpha value is -0.940. The smallest absolute Gasteiger partial charge is 0.128 e. The standard InChI is InChI=1S/C11H16N2O2S/c1-9-10(8-14)2-3-11(12-9)13-4-6-16(15)7-5-13/h2-3,14H,4-8H2,1H3. The van der Waals surface area contributed by atoms with Gasteiger partial charge in [-0.05, 0) is 18.6 Å². The van der Waals surface area contributed by atoms with E-state index >= 15 is 0 Å². The lowest BCUT2D eigenvalue weighted by Crippen LogP contribution is -2.38. The molecule has 2 rings (SSSR count). The van der Waals surface area contributed by atoms with Crippen LogP contribution in [0, 0.1) is 6.92 Å². The van der Waals surface area contributed by atoms with Crippen molar-refractivity contribution in [2.75, 3.05) is 29.5 Å². The quantitative estimate of drug-likeness (QED) is 0.815. The molecule has 0 atom stereocenters. The molecule has 0 radical (unpaired) electrons. The van der Waals surface area contributed by atoms with E-state index in [1.807, 2.05) is 19.1 Å². The van der Waals surface area contributed by atoms with Gasteiger partial charge >= 0.3 is 0 Å². The summed E-state index contributed by atoms with van der Waals surface area (Å²) >= 11 is 0. The van der Waals surface area contributed by atoms with E-state index in [-0.39, 0.29) is 6.61 Å². The molecule has 2 heterocycles. The second kappa shape index (κ2) is 4.93. The van der Waals surface area contributed by atoms with Gasteiger partial charge in [-0.15, -0.1) is 0 Å². The van der Waals surface area contributed by atoms with Gasteiger partial charge in [0, 0.05) is 41.1 Å². The maximum absolute atomic E-state index is 11.2. The van der Waals surface area contributed by atoms with Gasteiger partial charge in [-0.2, -0.15) is 0 Å². The minimum Gasteiger partial charge on any atom is -0.392 e. The van der Waals surface area contributed by atoms with Gasteiger partial charge in [0.05, 0.1) is 6.61 Å². The highest BCUT2D eigenvalue weighted by Gasteiger charge is 2.16. The number of hydrogen-bond donors (Lipinski definition) is 1. The minimum atomic E-state index is -0.655. The molecule has 5 heteroatoms. The van der Waals surface area contributed by atoms with Crippen molar-refractivity contribution in [3.63, 3.8) is 0 Å². The van der Waals surface area contributed by atoms with Gasteiger partial charge < -0.3 is 10.0 Å². The molecule has 1 fully saturated rings. The summed E-state index contributed by atoms with van der Waals surface area (Å²) in [7, 11) is -0.655. The summed E-state index contributed by atoms with van der Waals surface area (Å²) in [5.41, 5.74) is 1.73. The molecule has 0 amide bonds. The lowest BCUT2D eigenvalue weighted by atomic mass is 10.2. The van der Waals surface area contributed by atoms with Crippen molar-refractivity contribution in [2.24, 2.45) is 0 Å². The third-order valence-corrected chi connectivity index (χ3v) is 4.13. The van der Waals surface area contributed by atoms with Crippen molar-refractivity contribution >= 4 is 16.6 Å². The van der Waals surface area contributed by atoms with Gasteiger partial charge in [-0.1, -0.05) is 6.07 Å². The molecular weight excluding hydrogens is 224 g/mol. The summed E-state index contributed by atoms with van der Waals surface area (Å²) in [4.78, 5) is 6.61. The highest BCUT2D eigenvalue weighted by Crippen LogP contribution is 2.16. The molecule has 1 saturated heterocycles. The van der Waals surface area contributed by atoms with Crippen molar-refractivity contribution in [1.82, 2.24) is 4.98 Å². The molecule has 0 spiro atoms. The van der Waals surface area contributed by atoms with E-state index in [0.717, 1.165) is 41.7 Å². The maximum atomic E-state index is 11.2. The van der Waals surface area contributed by atoms with Crippen molar-refractivity contribution < 1.29 is 9.32 Å². The molecule has 16 heavy (non-hydrogen) atoms. The van der Waals surface area contributed by atoms with Crippen LogP contribution in [-0.4, -0.2) is 38.9 Å². The van der Waals surface area contributed by atoms with E-state index in [0.29, 0.717) is 0 Å². The van der Waals surface area contributed by atoms with Crippen LogP contribution < -0.4 is 4.90 Å². The van der Waals surface area contributed by atoms with Crippen LogP contribution in [0.1, 0.15) is 11.3 Å². The van der Waals surface area contributed by atoms with Gasteiger partial charge in [0.2, 0.25) is 0 Å². The van der Waals surface area contributed by atoms with Gasteiger partial charge in [-0.3, -0.25) is 4.21 Å². The Morgan fingerprint density at radius 3 is 2.69 bits per heavy atom. The van der Waals surface area contributed by atoms with Gasteiger partial charge in [0.25, 0.3) is 0 Å². The molecule has 0 aromatic carbocycles. The highest BCUT2D eigenvalue weighted by atomic mass is 32.2. The first kappa shape index (κ1) is 11.5. The van der Waals surface area contributed by atoms with Crippen LogP contribution in [0.4, 0.5) is 5.82 Å². The average molecular weight is 240 g/mol. The summed E-state index contributed by atoms with van der Waals surface area (Å²) in [6.45, 7) is 3.54. The summed E-state index contributed by atoms with van der Waals surface area (Å²) in [6, 6.07) is 3.83. The largest absolute Gasteiger partial charge is 0.392 e. The number of anilines is 1. The number of aromatic nitrogens is 1. The molecule has 0 unspecified atom stereocenters. The van der Waals surface area contributed by atoms with Crippen LogP contribution in [0.5, 0.6) is 0 Å². The van der Waals surface area contributed by atoms with Crippen LogP contribution in [0.15, 0.2) is 12.1 Å². The molecule has 0 saturated carbocycles. The van der Waals surface area contributed by atoms with E-state index in [4.69, 9.17) is 5.11 Å². The van der Waals surface area contributed by atoms with Crippen LogP contribution in [0.2, 0.25) is 0 Å². The molecule has 0 aliphatic carbocycles. The molecule has 4 nitrogen and oxygen atoms in total. The SMILES string of the molecule is Cc1nc(N2CCS(=O)CC2)ccc1CO. The Labute approximate surface area is 97.8 Å². The van der Waals surface area contributed by atoms with Crippen molar-refractivity contribution in [3.05, 3.63) is 23.4 Å². The monoisotopic (exact) mass is 240 g/mol. The van der Waals surface area contributed by atoms with Crippen molar-refractivity contribution in [1.29, 1.82) is 0 Å². The highest BCUT2D eigenvalue weighted by molar-refractivity contribution is 7.85. The first-order valence-electron chi connectivity index (χ1n) is 5.38. The van der Waals surface area contributed by atoms with E-state index in [9.17, 15) is 4.21 Å². The second-order valence-electron chi connectivity index (χ2n) is 3.91. The fraction of sp³-hybridized carbons (Fsp3) is 0.545. The number of hydrogen-bond acceptors (Lipinski definition) is 4. The molecule has 1 N–H and O–H groups in total. The topological polar surface area (TPSA) is 53.4 Å². The van der Waals surface area contributed by atoms with Crippen molar-refractivity contribution in [2.45, 2.75) is 13.5 Å². The summed E-state index contributed by atoms with van der Waals surface area (Å²) < 4.78 is 11.2. The van der Waals surface area contributed by atoms with Crippen molar-refractivity contribution in [3.8, 4) is 0 Å². The number of pyridine rings is 1. The Kier molecular flexibility index (Phi) is 3.56. The second-order valence-corrected chi connectivity index (χ2v) is 5.60. The summed E-state index contributed by atoms with van der Waals surface area (Å²) in [5, 5.41) is 9.06. The number of aliphatic hydroxyl groups is 1. The fourth-order valence-electron chi connectivity index (χ4n) is 1.79. The Morgan fingerprint density at radius 2 is 2.12 bits per heavy atom. The van der Waals surface area contributed by atoms with E-state index < -0.39 is 10.8 Å². The lowest BCUT2D eigenvalue weighted by molar-refractivity contribution is 0.280. The van der Waals surface area contributed by atoms with E-state index in [2.05, 4.69) is 9.88 Å². The minimum absolute atomic E-state index is 0.0309. The zero-order chi connectivity index (χ0) is 11.5. The molecule has 1 aromatic heterocycles. The zero-order valence-corrected chi connectivity index (χ0v) is 10.2. The maximum Gasteiger partial charge on any atom is 0.128 e. The fourth-order valence-corrected chi connectivity index (χ4v) is 2.84. The molecule has 1 aromatic rings.